The molecule has 0 amide bonds. The van der Waals surface area contributed by atoms with E-state index in [0.29, 0.717) is 16.8 Å². The van der Waals surface area contributed by atoms with E-state index in [0.717, 1.165) is 11.3 Å². The number of hydrogen-bond donors (Lipinski definition) is 2. The highest BCUT2D eigenvalue weighted by Gasteiger charge is 2.38. The van der Waals surface area contributed by atoms with Gasteiger partial charge in [-0.05, 0) is 30.7 Å². The third-order valence-electron chi connectivity index (χ3n) is 4.73. The summed E-state index contributed by atoms with van der Waals surface area (Å²) in [6.45, 7) is 1.72. The van der Waals surface area contributed by atoms with Crippen molar-refractivity contribution in [2.75, 3.05) is 19.0 Å². The topological polar surface area (TPSA) is 95.4 Å². The lowest BCUT2D eigenvalue weighted by atomic mass is 9.89. The minimum atomic E-state index is -1.72. The van der Waals surface area contributed by atoms with Gasteiger partial charge in [0.2, 0.25) is 0 Å². The van der Waals surface area contributed by atoms with Crippen LogP contribution in [0.4, 0.5) is 5.69 Å². The van der Waals surface area contributed by atoms with E-state index < -0.39 is 5.72 Å². The predicted molar refractivity (Wildman–Crippen MR) is 114 cm³/mol. The number of allylic oxidation sites excluding steroid dienone is 2. The molecule has 144 valence electrons. The van der Waals surface area contributed by atoms with Crippen LogP contribution >= 0.6 is 0 Å². The van der Waals surface area contributed by atoms with Gasteiger partial charge in [-0.3, -0.25) is 0 Å². The number of nitrogens with zero attached hydrogens (tertiary/aromatic N) is 4. The molecule has 2 aromatic carbocycles. The quantitative estimate of drug-likeness (QED) is 0.848. The predicted octanol–water partition coefficient (Wildman–Crippen LogP) is 3.30. The molecule has 0 spiro atoms. The van der Waals surface area contributed by atoms with Crippen LogP contribution in [-0.4, -0.2) is 24.9 Å². The van der Waals surface area contributed by atoms with Crippen molar-refractivity contribution >= 4 is 17.5 Å². The van der Waals surface area contributed by atoms with E-state index in [1.165, 1.54) is 0 Å². The molecule has 0 aromatic heterocycles. The fraction of sp³-hybridized carbons (Fsp3) is 0.174. The van der Waals surface area contributed by atoms with E-state index in [1.54, 1.807) is 31.2 Å². The first-order chi connectivity index (χ1) is 13.9. The van der Waals surface area contributed by atoms with Gasteiger partial charge < -0.3 is 15.3 Å². The Hall–Kier alpha value is -3.87. The molecule has 2 N–H and O–H groups in total. The van der Waals surface area contributed by atoms with Crippen LogP contribution in [0.5, 0.6) is 0 Å². The summed E-state index contributed by atoms with van der Waals surface area (Å²) in [5, 5.41) is 33.5. The van der Waals surface area contributed by atoms with Crippen molar-refractivity contribution in [1.29, 1.82) is 10.5 Å². The molecule has 0 fully saturated rings. The third kappa shape index (κ3) is 3.89. The summed E-state index contributed by atoms with van der Waals surface area (Å²) in [7, 11) is 3.93. The van der Waals surface area contributed by atoms with Gasteiger partial charge in [0, 0.05) is 36.6 Å². The second kappa shape index (κ2) is 8.02. The molecule has 29 heavy (non-hydrogen) atoms. The summed E-state index contributed by atoms with van der Waals surface area (Å²) in [6, 6.07) is 20.7. The van der Waals surface area contributed by atoms with E-state index in [2.05, 4.69) is 10.3 Å². The fourth-order valence-electron chi connectivity index (χ4n) is 3.17. The maximum absolute atomic E-state index is 11.7. The number of aliphatic imine (C=N–C) groups is 1. The van der Waals surface area contributed by atoms with Crippen LogP contribution in [0.3, 0.4) is 0 Å². The molecule has 2 aromatic rings. The first-order valence-electron chi connectivity index (χ1n) is 9.05. The highest BCUT2D eigenvalue weighted by atomic mass is 16.3. The zero-order valence-corrected chi connectivity index (χ0v) is 16.5. The molecule has 1 atom stereocenters. The van der Waals surface area contributed by atoms with Crippen LogP contribution in [0.2, 0.25) is 0 Å². The lowest BCUT2D eigenvalue weighted by molar-refractivity contribution is 0.0585. The van der Waals surface area contributed by atoms with Crippen molar-refractivity contribution in [1.82, 2.24) is 5.32 Å². The summed E-state index contributed by atoms with van der Waals surface area (Å²) < 4.78 is 0. The van der Waals surface area contributed by atoms with Gasteiger partial charge >= 0.3 is 0 Å². The van der Waals surface area contributed by atoms with E-state index in [-0.39, 0.29) is 11.4 Å². The maximum atomic E-state index is 11.7. The maximum Gasteiger partial charge on any atom is 0.191 e. The molecule has 6 heteroatoms. The smallest absolute Gasteiger partial charge is 0.191 e. The Kier molecular flexibility index (Phi) is 5.50. The van der Waals surface area contributed by atoms with Crippen LogP contribution in [0.15, 0.2) is 76.6 Å². The highest BCUT2D eigenvalue weighted by Crippen LogP contribution is 2.33. The van der Waals surface area contributed by atoms with Crippen LogP contribution < -0.4 is 10.2 Å². The number of nitrogens with one attached hydrogen (secondary N) is 1. The van der Waals surface area contributed by atoms with Crippen LogP contribution in [-0.2, 0) is 5.72 Å². The molecular weight excluding hydrogens is 362 g/mol. The average molecular weight is 383 g/mol. The molecule has 1 heterocycles. The second-order valence-corrected chi connectivity index (χ2v) is 6.89. The minimum Gasteiger partial charge on any atom is -0.378 e. The number of anilines is 1. The largest absolute Gasteiger partial charge is 0.378 e. The zero-order valence-electron chi connectivity index (χ0n) is 16.5. The highest BCUT2D eigenvalue weighted by molar-refractivity contribution is 6.05. The Balaban J connectivity index is 2.21. The van der Waals surface area contributed by atoms with Crippen molar-refractivity contribution in [3.05, 3.63) is 82.7 Å². The molecule has 6 nitrogen and oxygen atoms in total. The van der Waals surface area contributed by atoms with Gasteiger partial charge in [0.05, 0.1) is 0 Å². The van der Waals surface area contributed by atoms with E-state index in [1.807, 2.05) is 67.5 Å². The Labute approximate surface area is 170 Å². The summed E-state index contributed by atoms with van der Waals surface area (Å²) in [4.78, 5) is 6.30. The van der Waals surface area contributed by atoms with E-state index >= 15 is 0 Å². The first kappa shape index (κ1) is 19.9. The standard InChI is InChI=1S/C23H21N5O/c1-16-20(13-17-9-11-19(12-10-17)28(2)3)23(29,18-7-5-4-6-8-18)27-22(15-25)21(14-24)26-16/h4-13,27,29H,1-3H3. The normalized spacial score (nSPS) is 20.2. The Morgan fingerprint density at radius 1 is 1.03 bits per heavy atom. The summed E-state index contributed by atoms with van der Waals surface area (Å²) in [6.07, 6.45) is 1.81. The van der Waals surface area contributed by atoms with Gasteiger partial charge in [0.25, 0.3) is 0 Å². The average Bonchev–Trinajstić information content (AvgIpc) is 2.84. The lowest BCUT2D eigenvalue weighted by Gasteiger charge is -2.31. The molecule has 0 saturated heterocycles. The van der Waals surface area contributed by atoms with Crippen LogP contribution in [0.1, 0.15) is 18.1 Å². The molecular formula is C23H21N5O. The Bertz CT molecular complexity index is 1080. The second-order valence-electron chi connectivity index (χ2n) is 6.89. The van der Waals surface area contributed by atoms with Gasteiger partial charge in [0.1, 0.15) is 12.1 Å². The lowest BCUT2D eigenvalue weighted by Crippen LogP contribution is -2.44. The Morgan fingerprint density at radius 3 is 2.24 bits per heavy atom. The van der Waals surface area contributed by atoms with Crippen molar-refractivity contribution in [2.45, 2.75) is 12.6 Å². The number of rotatable bonds is 3. The molecule has 0 radical (unpaired) electrons. The van der Waals surface area contributed by atoms with Gasteiger partial charge in [-0.15, -0.1) is 0 Å². The zero-order chi connectivity index (χ0) is 21.0. The number of nitriles is 2. The minimum absolute atomic E-state index is 0.0642. The first-order valence-corrected chi connectivity index (χ1v) is 9.05. The summed E-state index contributed by atoms with van der Waals surface area (Å²) >= 11 is 0. The molecule has 0 saturated carbocycles. The fourth-order valence-corrected chi connectivity index (χ4v) is 3.17. The van der Waals surface area contributed by atoms with E-state index in [4.69, 9.17) is 0 Å². The van der Waals surface area contributed by atoms with Crippen molar-refractivity contribution in [2.24, 2.45) is 4.99 Å². The molecule has 1 aliphatic rings. The molecule has 1 unspecified atom stereocenters. The van der Waals surface area contributed by atoms with Gasteiger partial charge in [-0.1, -0.05) is 42.5 Å². The molecule has 0 aliphatic carbocycles. The van der Waals surface area contributed by atoms with Gasteiger partial charge in [0.15, 0.2) is 17.1 Å². The van der Waals surface area contributed by atoms with Crippen molar-refractivity contribution in [3.8, 4) is 12.1 Å². The number of hydrogen-bond acceptors (Lipinski definition) is 6. The van der Waals surface area contributed by atoms with Gasteiger partial charge in [-0.25, -0.2) is 4.99 Å². The monoisotopic (exact) mass is 383 g/mol. The number of aliphatic hydroxyl groups is 1. The summed E-state index contributed by atoms with van der Waals surface area (Å²) in [5.41, 5.74) is 1.48. The molecule has 3 rings (SSSR count). The van der Waals surface area contributed by atoms with Crippen LogP contribution in [0, 0.1) is 22.7 Å². The SMILES string of the molecule is CC1=NC(C#N)=C(C#N)NC(O)(c2ccccc2)C1=Cc1ccc(N(C)C)cc1. The summed E-state index contributed by atoms with van der Waals surface area (Å²) in [5.74, 6) is 0. The van der Waals surface area contributed by atoms with Crippen LogP contribution in [0.25, 0.3) is 6.08 Å². The van der Waals surface area contributed by atoms with Gasteiger partial charge in [-0.2, -0.15) is 10.5 Å². The number of benzene rings is 2. The van der Waals surface area contributed by atoms with Crippen molar-refractivity contribution in [3.63, 3.8) is 0 Å². The Morgan fingerprint density at radius 2 is 1.69 bits per heavy atom. The van der Waals surface area contributed by atoms with Crippen molar-refractivity contribution < 1.29 is 5.11 Å². The molecule has 0 bridgehead atoms. The molecule has 1 aliphatic heterocycles. The van der Waals surface area contributed by atoms with E-state index in [9.17, 15) is 15.6 Å². The third-order valence-corrected chi connectivity index (χ3v) is 4.73.